The molecular formula is C39H86O3PSi3+. The minimum absolute atomic E-state index is 0.100. The molecule has 0 rings (SSSR count). The highest BCUT2D eigenvalue weighted by molar-refractivity contribution is 7.76. The van der Waals surface area contributed by atoms with Gasteiger partial charge >= 0.3 is 0 Å². The van der Waals surface area contributed by atoms with Crippen molar-refractivity contribution in [1.82, 2.24) is 0 Å². The number of allylic oxidation sites excluding steroid dienone is 1. The maximum atomic E-state index is 7.36. The minimum atomic E-state index is -2.02. The summed E-state index contributed by atoms with van der Waals surface area (Å²) in [5, 5.41) is 0.340. The monoisotopic (exact) mass is 718 g/mol. The van der Waals surface area contributed by atoms with E-state index >= 15 is 0 Å². The number of rotatable bonds is 23. The van der Waals surface area contributed by atoms with Crippen LogP contribution in [0, 0.1) is 11.8 Å². The molecule has 3 nitrogen and oxygen atoms in total. The zero-order valence-corrected chi connectivity index (χ0v) is 38.9. The Morgan fingerprint density at radius 2 is 1.04 bits per heavy atom. The van der Waals surface area contributed by atoms with Gasteiger partial charge < -0.3 is 13.3 Å². The third kappa shape index (κ3) is 16.6. The van der Waals surface area contributed by atoms with Crippen LogP contribution in [0.2, 0.25) is 55.9 Å². The molecule has 0 N–H and O–H groups in total. The molecule has 0 spiro atoms. The van der Waals surface area contributed by atoms with E-state index in [1.165, 1.54) is 63.2 Å². The van der Waals surface area contributed by atoms with Crippen LogP contribution in [-0.4, -0.2) is 67.9 Å². The average molecular weight is 718 g/mol. The smallest absolute Gasteiger partial charge is 0.192 e. The second kappa shape index (κ2) is 19.9. The van der Waals surface area contributed by atoms with Gasteiger partial charge in [0.05, 0.1) is 36.9 Å². The van der Waals surface area contributed by atoms with E-state index in [1.54, 1.807) is 0 Å². The van der Waals surface area contributed by atoms with Gasteiger partial charge in [0.25, 0.3) is 0 Å². The molecule has 5 atom stereocenters. The summed E-state index contributed by atoms with van der Waals surface area (Å²) >= 11 is 0. The molecule has 0 fully saturated rings. The van der Waals surface area contributed by atoms with Crippen LogP contribution in [0.5, 0.6) is 0 Å². The first-order chi connectivity index (χ1) is 20.8. The van der Waals surface area contributed by atoms with Crippen LogP contribution in [-0.2, 0) is 13.3 Å². The van der Waals surface area contributed by atoms with E-state index in [4.69, 9.17) is 13.3 Å². The van der Waals surface area contributed by atoms with E-state index in [0.29, 0.717) is 5.92 Å². The van der Waals surface area contributed by atoms with Crippen molar-refractivity contribution in [2.24, 2.45) is 11.8 Å². The Morgan fingerprint density at radius 3 is 1.41 bits per heavy atom. The summed E-state index contributed by atoms with van der Waals surface area (Å²) in [5.74, 6) is 0.611. The molecule has 0 heterocycles. The summed E-state index contributed by atoms with van der Waals surface area (Å²) in [6.45, 7) is 45.0. The van der Waals surface area contributed by atoms with Crippen molar-refractivity contribution in [1.29, 1.82) is 0 Å². The minimum Gasteiger partial charge on any atom is -0.414 e. The molecule has 276 valence electrons. The van der Waals surface area contributed by atoms with Crippen molar-refractivity contribution < 1.29 is 13.3 Å². The molecule has 0 aliphatic carbocycles. The Labute approximate surface area is 295 Å². The van der Waals surface area contributed by atoms with E-state index in [1.807, 2.05) is 0 Å². The maximum absolute atomic E-state index is 7.36. The van der Waals surface area contributed by atoms with Gasteiger partial charge in [-0.05, 0) is 94.4 Å². The van der Waals surface area contributed by atoms with Gasteiger partial charge in [-0.3, -0.25) is 0 Å². The molecule has 0 aliphatic rings. The first-order valence-electron chi connectivity index (χ1n) is 19.3. The van der Waals surface area contributed by atoms with Gasteiger partial charge in [-0.2, -0.15) is 0 Å². The van der Waals surface area contributed by atoms with Crippen LogP contribution >= 0.6 is 7.26 Å². The van der Waals surface area contributed by atoms with Gasteiger partial charge in [-0.1, -0.05) is 108 Å². The van der Waals surface area contributed by atoms with Crippen molar-refractivity contribution >= 4 is 32.2 Å². The van der Waals surface area contributed by atoms with Crippen LogP contribution in [0.25, 0.3) is 0 Å². The molecule has 0 bridgehead atoms. The van der Waals surface area contributed by atoms with E-state index in [2.05, 4.69) is 141 Å². The van der Waals surface area contributed by atoms with Crippen molar-refractivity contribution in [3.63, 3.8) is 0 Å². The first-order valence-corrected chi connectivity index (χ1v) is 31.1. The highest BCUT2D eigenvalue weighted by Gasteiger charge is 2.44. The average Bonchev–Trinajstić information content (AvgIpc) is 2.89. The van der Waals surface area contributed by atoms with E-state index in [-0.39, 0.29) is 34.3 Å². The van der Waals surface area contributed by atoms with Crippen molar-refractivity contribution in [3.05, 3.63) is 12.2 Å². The zero-order chi connectivity index (χ0) is 36.2. The standard InChI is InChI=1S/C39H86O3PSi3/c1-20-23-28-43(29-24-21-2,30-25-22-3)31-26-27-33(4)37(42-44(13,14)15)35(6)36(41-46(18,19)39(10,11)12)32-34(5)40-45(16,17)38(7,8)9/h26-27,33-37H,20-25,28-32H2,1-19H3/q+1/b27-26-/t33-,34+,35-,36-,37-/m0/s1. The predicted molar refractivity (Wildman–Crippen MR) is 221 cm³/mol. The quantitative estimate of drug-likeness (QED) is 0.0598. The SMILES string of the molecule is CCCC[P+](C/C=C\[C@H](C)[C@H](O[Si](C)(C)C)[C@@H](C)[C@H](C[C@@H](C)O[Si](C)(C)C(C)(C)C)O[Si](C)(C)C(C)(C)C)(CCCC)CCCC. The fourth-order valence-electron chi connectivity index (χ4n) is 5.99. The highest BCUT2D eigenvalue weighted by atomic mass is 31.2. The Balaban J connectivity index is 6.53. The largest absolute Gasteiger partial charge is 0.414 e. The molecule has 0 aromatic heterocycles. The van der Waals surface area contributed by atoms with Crippen molar-refractivity contribution in [2.75, 3.05) is 24.6 Å². The Morgan fingerprint density at radius 1 is 0.630 bits per heavy atom. The van der Waals surface area contributed by atoms with Crippen LogP contribution in [0.15, 0.2) is 12.2 Å². The lowest BCUT2D eigenvalue weighted by Crippen LogP contribution is -2.51. The summed E-state index contributed by atoms with van der Waals surface area (Å²) in [7, 11) is -6.70. The topological polar surface area (TPSA) is 27.7 Å². The summed E-state index contributed by atoms with van der Waals surface area (Å²) in [6, 6.07) is 0. The molecule has 0 amide bonds. The van der Waals surface area contributed by atoms with E-state index < -0.39 is 32.2 Å². The van der Waals surface area contributed by atoms with Crippen LogP contribution in [0.4, 0.5) is 0 Å². The van der Waals surface area contributed by atoms with Crippen LogP contribution < -0.4 is 0 Å². The predicted octanol–water partition coefficient (Wildman–Crippen LogP) is 13.6. The highest BCUT2D eigenvalue weighted by Crippen LogP contribution is 2.60. The first kappa shape index (κ1) is 46.7. The number of unbranched alkanes of at least 4 members (excludes halogenated alkanes) is 3. The molecule has 46 heavy (non-hydrogen) atoms. The van der Waals surface area contributed by atoms with E-state index in [9.17, 15) is 0 Å². The molecule has 0 aliphatic heterocycles. The summed E-state index contributed by atoms with van der Waals surface area (Å²) in [4.78, 5) is 0. The van der Waals surface area contributed by atoms with Gasteiger partial charge in [0.2, 0.25) is 0 Å². The molecule has 0 aromatic rings. The zero-order valence-electron chi connectivity index (χ0n) is 35.0. The Kier molecular flexibility index (Phi) is 20.2. The van der Waals surface area contributed by atoms with Crippen molar-refractivity contribution in [2.45, 2.75) is 202 Å². The third-order valence-electron chi connectivity index (χ3n) is 11.1. The molecule has 7 heteroatoms. The van der Waals surface area contributed by atoms with E-state index in [0.717, 1.165) is 6.42 Å². The lowest BCUT2D eigenvalue weighted by Gasteiger charge is -2.45. The molecule has 0 radical (unpaired) electrons. The maximum Gasteiger partial charge on any atom is 0.192 e. The molecule has 0 saturated heterocycles. The lowest BCUT2D eigenvalue weighted by atomic mass is 9.87. The number of hydrogen-bond donors (Lipinski definition) is 0. The summed E-state index contributed by atoms with van der Waals surface area (Å²) < 4.78 is 21.5. The lowest BCUT2D eigenvalue weighted by molar-refractivity contribution is -0.0000402. The normalized spacial score (nSPS) is 17.7. The van der Waals surface area contributed by atoms with Crippen LogP contribution in [0.1, 0.15) is 128 Å². The van der Waals surface area contributed by atoms with Gasteiger partial charge in [-0.15, -0.1) is 0 Å². The van der Waals surface area contributed by atoms with Gasteiger partial charge in [0.15, 0.2) is 25.0 Å². The van der Waals surface area contributed by atoms with Gasteiger partial charge in [0, 0.05) is 19.3 Å². The van der Waals surface area contributed by atoms with Crippen LogP contribution in [0.3, 0.4) is 0 Å². The Bertz CT molecular complexity index is 832. The molecule has 0 saturated carbocycles. The molecule has 0 unspecified atom stereocenters. The second-order valence-corrected chi connectivity index (χ2v) is 37.3. The van der Waals surface area contributed by atoms with Gasteiger partial charge in [0.1, 0.15) is 0 Å². The summed E-state index contributed by atoms with van der Waals surface area (Å²) in [6.07, 6.45) is 20.3. The third-order valence-corrected chi connectivity index (χ3v) is 26.0. The fraction of sp³-hybridized carbons (Fsp3) is 0.949. The van der Waals surface area contributed by atoms with Gasteiger partial charge in [-0.25, -0.2) is 0 Å². The molecule has 0 aromatic carbocycles. The molecular weight excluding hydrogens is 632 g/mol. The second-order valence-electron chi connectivity index (χ2n) is 18.9. The summed E-state index contributed by atoms with van der Waals surface area (Å²) in [5.41, 5.74) is 0. The Hall–Kier alpha value is 0.701. The fourth-order valence-corrected chi connectivity index (χ4v) is 14.9. The van der Waals surface area contributed by atoms with Crippen molar-refractivity contribution in [3.8, 4) is 0 Å². The number of hydrogen-bond acceptors (Lipinski definition) is 3.